The number of phenolic OH excluding ortho intramolecular Hbond substituents is 1. The molecule has 5 heteroatoms. The van der Waals surface area contributed by atoms with Crippen LogP contribution in [0, 0.1) is 17.3 Å². The highest BCUT2D eigenvalue weighted by Gasteiger charge is 2.57. The van der Waals surface area contributed by atoms with E-state index in [0.29, 0.717) is 41.7 Å². The standard InChI is InChI=1S/C37H53NO3S/c1-4-5-22-38(3)35(41)11-9-7-6-8-10-23-42-29-16-12-26(13-17-29)32-25-37(2)33(20-21-34(37)40)31-18-14-27-24-28(39)15-19-30(27)36(31)32/h12-13,15-17,19,24,31-34,36,39-40H,4-11,14,18,20-23,25H2,1-3H3/t31-,32+,33-,34-,36+,37-/m0/s1. The number of unbranched alkanes of at least 4 members (excludes halogenated alkanes) is 5. The lowest BCUT2D eigenvalue weighted by Crippen LogP contribution is -2.47. The molecule has 2 aromatic carbocycles. The third kappa shape index (κ3) is 6.88. The molecule has 2 N–H and O–H groups in total. The highest BCUT2D eigenvalue weighted by Crippen LogP contribution is 2.65. The summed E-state index contributed by atoms with van der Waals surface area (Å²) >= 11 is 1.96. The van der Waals surface area contributed by atoms with Crippen LogP contribution >= 0.6 is 11.8 Å². The van der Waals surface area contributed by atoms with Crippen LogP contribution in [0.2, 0.25) is 0 Å². The van der Waals surface area contributed by atoms with Gasteiger partial charge in [-0.2, -0.15) is 0 Å². The number of hydrogen-bond acceptors (Lipinski definition) is 4. The van der Waals surface area contributed by atoms with Crippen molar-refractivity contribution in [3.63, 3.8) is 0 Å². The van der Waals surface area contributed by atoms with Crippen LogP contribution in [-0.4, -0.2) is 46.5 Å². The molecule has 5 rings (SSSR count). The Morgan fingerprint density at radius 3 is 2.55 bits per heavy atom. The molecule has 0 unspecified atom stereocenters. The van der Waals surface area contributed by atoms with Crippen LogP contribution in [0.4, 0.5) is 0 Å². The molecule has 1 amide bonds. The first-order valence-electron chi connectivity index (χ1n) is 16.8. The largest absolute Gasteiger partial charge is 0.508 e. The van der Waals surface area contributed by atoms with Crippen LogP contribution in [0.3, 0.4) is 0 Å². The molecule has 2 fully saturated rings. The number of benzene rings is 2. The Bertz CT molecular complexity index is 1180. The van der Waals surface area contributed by atoms with Gasteiger partial charge >= 0.3 is 0 Å². The van der Waals surface area contributed by atoms with Gasteiger partial charge in [-0.25, -0.2) is 0 Å². The maximum Gasteiger partial charge on any atom is 0.222 e. The first-order valence-corrected chi connectivity index (χ1v) is 17.8. The predicted octanol–water partition coefficient (Wildman–Crippen LogP) is 8.69. The summed E-state index contributed by atoms with van der Waals surface area (Å²) in [6.07, 6.45) is 13.8. The molecule has 3 aliphatic rings. The summed E-state index contributed by atoms with van der Waals surface area (Å²) < 4.78 is 0. The fraction of sp³-hybridized carbons (Fsp3) is 0.649. The minimum Gasteiger partial charge on any atom is -0.508 e. The molecule has 230 valence electrons. The summed E-state index contributed by atoms with van der Waals surface area (Å²) in [7, 11) is 1.94. The average molecular weight is 592 g/mol. The molecular weight excluding hydrogens is 538 g/mol. The summed E-state index contributed by atoms with van der Waals surface area (Å²) in [6.45, 7) is 5.41. The average Bonchev–Trinajstić information content (AvgIpc) is 3.30. The van der Waals surface area contributed by atoms with Crippen molar-refractivity contribution in [2.24, 2.45) is 17.3 Å². The molecule has 2 saturated carbocycles. The number of rotatable bonds is 13. The number of aliphatic hydroxyl groups is 1. The lowest BCUT2D eigenvalue weighted by Gasteiger charge is -2.54. The molecule has 0 saturated heterocycles. The minimum absolute atomic E-state index is 0.00800. The lowest BCUT2D eigenvalue weighted by atomic mass is 9.51. The third-order valence-electron chi connectivity index (χ3n) is 11.0. The molecule has 0 heterocycles. The maximum absolute atomic E-state index is 12.2. The number of aromatic hydroxyl groups is 1. The minimum atomic E-state index is -0.199. The van der Waals surface area contributed by atoms with E-state index in [1.54, 1.807) is 0 Å². The lowest BCUT2D eigenvalue weighted by molar-refractivity contribution is -0.130. The Labute approximate surface area is 258 Å². The van der Waals surface area contributed by atoms with Gasteiger partial charge in [0.2, 0.25) is 5.91 Å². The van der Waals surface area contributed by atoms with Gasteiger partial charge < -0.3 is 15.1 Å². The zero-order valence-corrected chi connectivity index (χ0v) is 27.0. The Morgan fingerprint density at radius 1 is 1.00 bits per heavy atom. The molecule has 4 nitrogen and oxygen atoms in total. The van der Waals surface area contributed by atoms with E-state index in [2.05, 4.69) is 44.2 Å². The van der Waals surface area contributed by atoms with Crippen molar-refractivity contribution in [1.29, 1.82) is 0 Å². The van der Waals surface area contributed by atoms with Crippen LogP contribution in [-0.2, 0) is 11.2 Å². The van der Waals surface area contributed by atoms with Crippen LogP contribution in [0.15, 0.2) is 47.4 Å². The molecule has 3 aliphatic carbocycles. The summed E-state index contributed by atoms with van der Waals surface area (Å²) in [4.78, 5) is 15.4. The number of hydrogen-bond donors (Lipinski definition) is 2. The van der Waals surface area contributed by atoms with Crippen molar-refractivity contribution >= 4 is 17.7 Å². The van der Waals surface area contributed by atoms with Crippen molar-refractivity contribution in [1.82, 2.24) is 4.90 Å². The summed E-state index contributed by atoms with van der Waals surface area (Å²) in [6, 6.07) is 15.4. The molecule has 42 heavy (non-hydrogen) atoms. The monoisotopic (exact) mass is 591 g/mol. The van der Waals surface area contributed by atoms with Crippen molar-refractivity contribution in [3.05, 3.63) is 59.2 Å². The van der Waals surface area contributed by atoms with E-state index < -0.39 is 0 Å². The molecule has 6 atom stereocenters. The van der Waals surface area contributed by atoms with Crippen LogP contribution < -0.4 is 0 Å². The summed E-state index contributed by atoms with van der Waals surface area (Å²) in [5.41, 5.74) is 4.15. The SMILES string of the molecule is CCCCN(C)C(=O)CCCCCCCSc1ccc([C@H]2C[C@]3(C)[C@@H](O)CC[C@H]3[C@@H]3CCc4cc(O)ccc4[C@H]32)cc1. The quantitative estimate of drug-likeness (QED) is 0.181. The number of nitrogens with zero attached hydrogens (tertiary/aromatic N) is 1. The molecular formula is C37H53NO3S. The molecule has 0 radical (unpaired) electrons. The summed E-state index contributed by atoms with van der Waals surface area (Å²) in [5, 5.41) is 21.3. The second-order valence-electron chi connectivity index (χ2n) is 13.7. The summed E-state index contributed by atoms with van der Waals surface area (Å²) in [5.74, 6) is 3.84. The van der Waals surface area contributed by atoms with Crippen LogP contribution in [0.5, 0.6) is 5.75 Å². The fourth-order valence-electron chi connectivity index (χ4n) is 8.61. The number of fused-ring (bicyclic) bond motifs is 5. The van der Waals surface area contributed by atoms with E-state index in [4.69, 9.17) is 0 Å². The number of carbonyl (C=O) groups is 1. The van der Waals surface area contributed by atoms with Crippen molar-refractivity contribution < 1.29 is 15.0 Å². The van der Waals surface area contributed by atoms with E-state index in [1.165, 1.54) is 40.8 Å². The highest BCUT2D eigenvalue weighted by molar-refractivity contribution is 7.99. The van der Waals surface area contributed by atoms with E-state index in [9.17, 15) is 15.0 Å². The van der Waals surface area contributed by atoms with Gasteiger partial charge in [0.05, 0.1) is 6.10 Å². The van der Waals surface area contributed by atoms with Crippen molar-refractivity contribution in [2.75, 3.05) is 19.3 Å². The van der Waals surface area contributed by atoms with Gasteiger partial charge in [-0.1, -0.05) is 57.7 Å². The smallest absolute Gasteiger partial charge is 0.222 e. The first kappa shape index (κ1) is 31.4. The maximum atomic E-state index is 12.2. The zero-order valence-electron chi connectivity index (χ0n) is 26.2. The van der Waals surface area contributed by atoms with Gasteiger partial charge in [0, 0.05) is 24.9 Å². The third-order valence-corrected chi connectivity index (χ3v) is 12.1. The fourth-order valence-corrected chi connectivity index (χ4v) is 9.53. The second-order valence-corrected chi connectivity index (χ2v) is 14.9. The number of thioether (sulfide) groups is 1. The van der Waals surface area contributed by atoms with Gasteiger partial charge in [0.15, 0.2) is 0 Å². The Kier molecular flexibility index (Phi) is 10.6. The Balaban J connectivity index is 1.14. The molecule has 0 aromatic heterocycles. The number of aliphatic hydroxyl groups excluding tert-OH is 1. The predicted molar refractivity (Wildman–Crippen MR) is 174 cm³/mol. The zero-order chi connectivity index (χ0) is 29.7. The normalized spacial score (nSPS) is 28.1. The van der Waals surface area contributed by atoms with Gasteiger partial charge in [-0.05, 0) is 127 Å². The Morgan fingerprint density at radius 2 is 1.76 bits per heavy atom. The molecule has 0 aliphatic heterocycles. The van der Waals surface area contributed by atoms with Gasteiger partial charge in [-0.15, -0.1) is 11.8 Å². The number of carbonyl (C=O) groups excluding carboxylic acids is 1. The van der Waals surface area contributed by atoms with Gasteiger partial charge in [0.25, 0.3) is 0 Å². The van der Waals surface area contributed by atoms with E-state index in [-0.39, 0.29) is 11.5 Å². The number of aryl methyl sites for hydroxylation is 1. The van der Waals surface area contributed by atoms with Crippen LogP contribution in [0.25, 0.3) is 0 Å². The first-order chi connectivity index (χ1) is 20.3. The topological polar surface area (TPSA) is 60.8 Å². The second kappa shape index (κ2) is 14.2. The van der Waals surface area contributed by atoms with E-state index in [1.807, 2.05) is 35.8 Å². The number of amides is 1. The van der Waals surface area contributed by atoms with Crippen LogP contribution in [0.1, 0.15) is 119 Å². The molecule has 2 aromatic rings. The van der Waals surface area contributed by atoms with Crippen molar-refractivity contribution in [2.45, 2.75) is 120 Å². The Hall–Kier alpha value is -1.98. The highest BCUT2D eigenvalue weighted by atomic mass is 32.2. The number of phenols is 1. The van der Waals surface area contributed by atoms with Gasteiger partial charge in [0.1, 0.15) is 5.75 Å². The molecule has 0 bridgehead atoms. The molecule has 0 spiro atoms. The van der Waals surface area contributed by atoms with Crippen molar-refractivity contribution in [3.8, 4) is 5.75 Å². The van der Waals surface area contributed by atoms with E-state index in [0.717, 1.165) is 70.1 Å². The van der Waals surface area contributed by atoms with Gasteiger partial charge in [-0.3, -0.25) is 4.79 Å². The van der Waals surface area contributed by atoms with E-state index >= 15 is 0 Å².